The van der Waals surface area contributed by atoms with Gasteiger partial charge in [0.25, 0.3) is 11.6 Å². The molecule has 1 saturated heterocycles. The minimum absolute atomic E-state index is 0.126. The fourth-order valence-corrected chi connectivity index (χ4v) is 2.94. The quantitative estimate of drug-likeness (QED) is 0.282. The molecule has 2 aromatic carbocycles. The molecular weight excluding hydrogens is 400 g/mol. The number of ether oxygens (including phenoxy) is 1. The van der Waals surface area contributed by atoms with Crippen molar-refractivity contribution in [3.8, 4) is 11.6 Å². The number of rotatable bonds is 6. The number of hydrogen-bond donors (Lipinski definition) is 1. The van der Waals surface area contributed by atoms with Gasteiger partial charge in [0.2, 0.25) is 5.88 Å². The lowest BCUT2D eigenvalue weighted by atomic mass is 10.1. The number of aromatic nitrogens is 1. The molecule has 1 N–H and O–H groups in total. The second kappa shape index (κ2) is 8.46. The van der Waals surface area contributed by atoms with Gasteiger partial charge in [0.15, 0.2) is 0 Å². The van der Waals surface area contributed by atoms with Crippen LogP contribution in [0.25, 0.3) is 6.08 Å². The normalized spacial score (nSPS) is 14.6. The van der Waals surface area contributed by atoms with Crippen LogP contribution in [0, 0.1) is 10.1 Å². The predicted octanol–water partition coefficient (Wildman–Crippen LogP) is 3.88. The highest BCUT2D eigenvalue weighted by atomic mass is 16.6. The number of carbonyl (C=O) groups is 2. The van der Waals surface area contributed by atoms with Crippen molar-refractivity contribution in [3.05, 3.63) is 99.9 Å². The maximum atomic E-state index is 12.6. The van der Waals surface area contributed by atoms with Gasteiger partial charge in [0, 0.05) is 12.1 Å². The first-order valence-electron chi connectivity index (χ1n) is 9.26. The zero-order valence-corrected chi connectivity index (χ0v) is 16.1. The van der Waals surface area contributed by atoms with Crippen molar-refractivity contribution in [3.63, 3.8) is 0 Å². The Bertz CT molecular complexity index is 1160. The Labute approximate surface area is 176 Å². The number of nitrogens with one attached hydrogen (secondary N) is 1. The van der Waals surface area contributed by atoms with Crippen molar-refractivity contribution in [2.45, 2.75) is 6.54 Å². The van der Waals surface area contributed by atoms with E-state index in [4.69, 9.17) is 4.74 Å². The lowest BCUT2D eigenvalue weighted by Crippen LogP contribution is -2.30. The first-order valence-corrected chi connectivity index (χ1v) is 9.26. The van der Waals surface area contributed by atoms with E-state index >= 15 is 0 Å². The highest BCUT2D eigenvalue weighted by Crippen LogP contribution is 2.23. The first kappa shape index (κ1) is 19.8. The molecule has 9 heteroatoms. The van der Waals surface area contributed by atoms with Crippen LogP contribution < -0.4 is 10.1 Å². The standard InChI is InChI=1S/C22H16N4O5/c27-21-19(24-22(28)25(21)14-16-4-2-1-3-5-16)12-15-6-9-18(10-7-15)31-20-11-8-17(13-23-20)26(29)30/h1-13H,14H2,(H,24,28)/b19-12+. The SMILES string of the molecule is O=C1N/C(=C/c2ccc(Oc3ccc([N+](=O)[O-])cn3)cc2)C(=O)N1Cc1ccccc1. The third-order valence-corrected chi connectivity index (χ3v) is 4.49. The van der Waals surface area contributed by atoms with Crippen molar-refractivity contribution < 1.29 is 19.2 Å². The third kappa shape index (κ3) is 4.56. The number of hydrogen-bond acceptors (Lipinski definition) is 6. The van der Waals surface area contributed by atoms with E-state index < -0.39 is 16.9 Å². The maximum absolute atomic E-state index is 12.6. The Morgan fingerprint density at radius 1 is 1.03 bits per heavy atom. The number of nitro groups is 1. The van der Waals surface area contributed by atoms with Crippen LogP contribution in [-0.2, 0) is 11.3 Å². The number of pyridine rings is 1. The van der Waals surface area contributed by atoms with E-state index in [-0.39, 0.29) is 23.8 Å². The number of urea groups is 1. The van der Waals surface area contributed by atoms with E-state index in [0.717, 1.165) is 16.7 Å². The van der Waals surface area contributed by atoms with Gasteiger partial charge in [0.05, 0.1) is 11.5 Å². The fraction of sp³-hybridized carbons (Fsp3) is 0.0455. The molecule has 9 nitrogen and oxygen atoms in total. The molecule has 0 saturated carbocycles. The molecule has 0 atom stereocenters. The van der Waals surface area contributed by atoms with Crippen molar-refractivity contribution >= 4 is 23.7 Å². The van der Waals surface area contributed by atoms with Gasteiger partial charge in [-0.05, 0) is 29.3 Å². The summed E-state index contributed by atoms with van der Waals surface area (Å²) in [7, 11) is 0. The summed E-state index contributed by atoms with van der Waals surface area (Å²) in [4.78, 5) is 40.0. The van der Waals surface area contributed by atoms with Crippen molar-refractivity contribution in [1.82, 2.24) is 15.2 Å². The van der Waals surface area contributed by atoms with Gasteiger partial charge in [-0.2, -0.15) is 0 Å². The Morgan fingerprint density at radius 2 is 1.77 bits per heavy atom. The predicted molar refractivity (Wildman–Crippen MR) is 111 cm³/mol. The minimum Gasteiger partial charge on any atom is -0.439 e. The molecule has 2 heterocycles. The smallest absolute Gasteiger partial charge is 0.329 e. The van der Waals surface area contributed by atoms with E-state index in [0.29, 0.717) is 11.3 Å². The molecule has 1 fully saturated rings. The van der Waals surface area contributed by atoms with Gasteiger partial charge in [-0.25, -0.2) is 9.78 Å². The average Bonchev–Trinajstić information content (AvgIpc) is 3.03. The summed E-state index contributed by atoms with van der Waals surface area (Å²) in [5.41, 5.74) is 1.60. The highest BCUT2D eigenvalue weighted by Gasteiger charge is 2.33. The fourth-order valence-electron chi connectivity index (χ4n) is 2.94. The molecule has 31 heavy (non-hydrogen) atoms. The lowest BCUT2D eigenvalue weighted by Gasteiger charge is -2.11. The Kier molecular flexibility index (Phi) is 5.39. The number of carbonyl (C=O) groups excluding carboxylic acids is 2. The monoisotopic (exact) mass is 416 g/mol. The molecule has 0 spiro atoms. The van der Waals surface area contributed by atoms with Crippen molar-refractivity contribution in [2.75, 3.05) is 0 Å². The van der Waals surface area contributed by atoms with Crippen LogP contribution in [0.2, 0.25) is 0 Å². The highest BCUT2D eigenvalue weighted by molar-refractivity contribution is 6.13. The van der Waals surface area contributed by atoms with Crippen molar-refractivity contribution in [1.29, 1.82) is 0 Å². The van der Waals surface area contributed by atoms with Gasteiger partial charge in [0.1, 0.15) is 17.6 Å². The summed E-state index contributed by atoms with van der Waals surface area (Å²) in [6.45, 7) is 0.192. The topological polar surface area (TPSA) is 115 Å². The second-order valence-electron chi connectivity index (χ2n) is 6.65. The van der Waals surface area contributed by atoms with E-state index in [2.05, 4.69) is 10.3 Å². The van der Waals surface area contributed by atoms with Crippen LogP contribution in [0.3, 0.4) is 0 Å². The molecule has 1 aromatic heterocycles. The summed E-state index contributed by atoms with van der Waals surface area (Å²) in [6, 6.07) is 18.3. The summed E-state index contributed by atoms with van der Waals surface area (Å²) >= 11 is 0. The number of nitrogens with zero attached hydrogens (tertiary/aromatic N) is 3. The van der Waals surface area contributed by atoms with E-state index in [1.54, 1.807) is 30.3 Å². The van der Waals surface area contributed by atoms with Gasteiger partial charge < -0.3 is 10.1 Å². The number of benzene rings is 2. The van der Waals surface area contributed by atoms with Crippen molar-refractivity contribution in [2.24, 2.45) is 0 Å². The van der Waals surface area contributed by atoms with Gasteiger partial charge in [-0.1, -0.05) is 42.5 Å². The van der Waals surface area contributed by atoms with Crippen LogP contribution in [0.4, 0.5) is 10.5 Å². The van der Waals surface area contributed by atoms with Crippen LogP contribution in [0.5, 0.6) is 11.6 Å². The summed E-state index contributed by atoms with van der Waals surface area (Å²) in [5, 5.41) is 13.3. The molecule has 0 bridgehead atoms. The minimum atomic E-state index is -0.539. The van der Waals surface area contributed by atoms with Crippen LogP contribution in [-0.4, -0.2) is 26.7 Å². The number of amides is 3. The molecule has 0 aliphatic carbocycles. The number of imide groups is 1. The largest absolute Gasteiger partial charge is 0.439 e. The Morgan fingerprint density at radius 3 is 2.42 bits per heavy atom. The summed E-state index contributed by atoms with van der Waals surface area (Å²) < 4.78 is 5.56. The van der Waals surface area contributed by atoms with E-state index in [9.17, 15) is 19.7 Å². The Balaban J connectivity index is 1.43. The van der Waals surface area contributed by atoms with Gasteiger partial charge in [-0.15, -0.1) is 0 Å². The molecule has 0 radical (unpaired) electrons. The zero-order valence-electron chi connectivity index (χ0n) is 16.1. The molecule has 4 rings (SSSR count). The molecular formula is C22H16N4O5. The molecule has 3 aromatic rings. The lowest BCUT2D eigenvalue weighted by molar-refractivity contribution is -0.385. The third-order valence-electron chi connectivity index (χ3n) is 4.49. The first-order chi connectivity index (χ1) is 15.0. The zero-order chi connectivity index (χ0) is 21.8. The van der Waals surface area contributed by atoms with Crippen LogP contribution >= 0.6 is 0 Å². The molecule has 3 amide bonds. The van der Waals surface area contributed by atoms with E-state index in [1.807, 2.05) is 30.3 Å². The van der Waals surface area contributed by atoms with Crippen LogP contribution in [0.1, 0.15) is 11.1 Å². The Hall–Kier alpha value is -4.53. The molecule has 1 aliphatic rings. The molecule has 0 unspecified atom stereocenters. The van der Waals surface area contributed by atoms with Crippen LogP contribution in [0.15, 0.2) is 78.6 Å². The van der Waals surface area contributed by atoms with Gasteiger partial charge in [-0.3, -0.25) is 19.8 Å². The summed E-state index contributed by atoms with van der Waals surface area (Å²) in [6.07, 6.45) is 2.70. The maximum Gasteiger partial charge on any atom is 0.329 e. The van der Waals surface area contributed by atoms with E-state index in [1.165, 1.54) is 12.1 Å². The average molecular weight is 416 g/mol. The summed E-state index contributed by atoms with van der Waals surface area (Å²) in [5.74, 6) is 0.284. The molecule has 1 aliphatic heterocycles. The second-order valence-corrected chi connectivity index (χ2v) is 6.65. The molecule has 154 valence electrons. The van der Waals surface area contributed by atoms with Gasteiger partial charge >= 0.3 is 6.03 Å².